The molecule has 0 aliphatic carbocycles. The second-order valence-corrected chi connectivity index (χ2v) is 6.05. The van der Waals surface area contributed by atoms with Crippen molar-refractivity contribution in [3.63, 3.8) is 0 Å². The summed E-state index contributed by atoms with van der Waals surface area (Å²) in [5.41, 5.74) is 2.24. The molecule has 1 heterocycles. The number of imidazole rings is 1. The van der Waals surface area contributed by atoms with Crippen LogP contribution in [0.3, 0.4) is 0 Å². The normalized spacial score (nSPS) is 10.7. The third-order valence-electron chi connectivity index (χ3n) is 2.76. The first-order valence-electron chi connectivity index (χ1n) is 5.67. The van der Waals surface area contributed by atoms with Crippen LogP contribution in [0.15, 0.2) is 34.0 Å². The fourth-order valence-corrected chi connectivity index (χ4v) is 3.38. The number of methoxy groups -OCH3 is 1. The van der Waals surface area contributed by atoms with Gasteiger partial charge in [-0.3, -0.25) is 0 Å². The zero-order valence-electron chi connectivity index (χ0n) is 10.7. The fourth-order valence-electron chi connectivity index (χ4n) is 1.63. The first-order chi connectivity index (χ1) is 9.15. The minimum atomic E-state index is 0.484. The van der Waals surface area contributed by atoms with Gasteiger partial charge in [0.2, 0.25) is 0 Å². The summed E-state index contributed by atoms with van der Waals surface area (Å²) in [5, 5.41) is 0.975. The van der Waals surface area contributed by atoms with Crippen LogP contribution in [0.5, 0.6) is 5.75 Å². The van der Waals surface area contributed by atoms with Gasteiger partial charge < -0.3 is 9.30 Å². The van der Waals surface area contributed by atoms with Gasteiger partial charge in [-0.1, -0.05) is 17.8 Å². The Bertz CT molecular complexity index is 574. The molecule has 3 nitrogen and oxygen atoms in total. The number of halogens is 2. The molecule has 0 aliphatic heterocycles. The van der Waals surface area contributed by atoms with Crippen LogP contribution in [0.1, 0.15) is 11.3 Å². The Labute approximate surface area is 130 Å². The molecule has 102 valence electrons. The number of aromatic nitrogens is 2. The average Bonchev–Trinajstić information content (AvgIpc) is 2.77. The molecule has 0 unspecified atom stereocenters. The maximum atomic E-state index is 5.83. The van der Waals surface area contributed by atoms with E-state index in [0.29, 0.717) is 5.88 Å². The van der Waals surface area contributed by atoms with E-state index in [1.807, 2.05) is 23.9 Å². The van der Waals surface area contributed by atoms with Crippen molar-refractivity contribution < 1.29 is 4.74 Å². The summed E-state index contributed by atoms with van der Waals surface area (Å²) in [5.74, 6) is 2.18. The molecule has 2 aromatic rings. The van der Waals surface area contributed by atoms with E-state index in [1.54, 1.807) is 18.9 Å². The number of hydrogen-bond acceptors (Lipinski definition) is 3. The number of ether oxygens (including phenoxy) is 1. The van der Waals surface area contributed by atoms with Crippen LogP contribution in [-0.2, 0) is 18.7 Å². The minimum absolute atomic E-state index is 0.484. The van der Waals surface area contributed by atoms with Gasteiger partial charge in [0.1, 0.15) is 5.75 Å². The third kappa shape index (κ3) is 3.46. The van der Waals surface area contributed by atoms with Crippen LogP contribution in [-0.4, -0.2) is 16.7 Å². The van der Waals surface area contributed by atoms with Crippen molar-refractivity contribution in [1.82, 2.24) is 9.55 Å². The van der Waals surface area contributed by atoms with E-state index >= 15 is 0 Å². The molecular weight excluding hydrogens is 348 g/mol. The molecule has 0 amide bonds. The van der Waals surface area contributed by atoms with Gasteiger partial charge >= 0.3 is 0 Å². The van der Waals surface area contributed by atoms with Crippen molar-refractivity contribution in [2.45, 2.75) is 16.8 Å². The van der Waals surface area contributed by atoms with Crippen molar-refractivity contribution in [1.29, 1.82) is 0 Å². The topological polar surface area (TPSA) is 27.1 Å². The van der Waals surface area contributed by atoms with Crippen molar-refractivity contribution >= 4 is 39.3 Å². The smallest absolute Gasteiger partial charge is 0.168 e. The molecule has 0 saturated carbocycles. The Morgan fingerprint density at radius 2 is 2.26 bits per heavy atom. The standard InChI is InChI=1S/C13H14BrClN2OS/c1-17-10(6-15)7-16-13(17)19-8-9-3-4-12(18-2)11(14)5-9/h3-5,7H,6,8H2,1-2H3. The van der Waals surface area contributed by atoms with Gasteiger partial charge in [-0.2, -0.15) is 0 Å². The number of thioether (sulfide) groups is 1. The molecule has 1 aromatic heterocycles. The van der Waals surface area contributed by atoms with Crippen LogP contribution in [0.25, 0.3) is 0 Å². The highest BCUT2D eigenvalue weighted by Crippen LogP contribution is 2.29. The highest BCUT2D eigenvalue weighted by atomic mass is 79.9. The molecule has 2 rings (SSSR count). The van der Waals surface area contributed by atoms with Crippen molar-refractivity contribution in [3.8, 4) is 5.75 Å². The Morgan fingerprint density at radius 1 is 1.47 bits per heavy atom. The van der Waals surface area contributed by atoms with Gasteiger partial charge in [0.15, 0.2) is 5.16 Å². The maximum Gasteiger partial charge on any atom is 0.168 e. The summed E-state index contributed by atoms with van der Waals surface area (Å²) < 4.78 is 8.21. The van der Waals surface area contributed by atoms with Crippen molar-refractivity contribution in [2.24, 2.45) is 7.05 Å². The van der Waals surface area contributed by atoms with Crippen LogP contribution < -0.4 is 4.74 Å². The monoisotopic (exact) mass is 360 g/mol. The van der Waals surface area contributed by atoms with E-state index in [4.69, 9.17) is 16.3 Å². The first kappa shape index (κ1) is 14.8. The van der Waals surface area contributed by atoms with E-state index < -0.39 is 0 Å². The second-order valence-electron chi connectivity index (χ2n) is 3.98. The highest BCUT2D eigenvalue weighted by Gasteiger charge is 2.07. The molecule has 19 heavy (non-hydrogen) atoms. The minimum Gasteiger partial charge on any atom is -0.496 e. The van der Waals surface area contributed by atoms with Crippen molar-refractivity contribution in [3.05, 3.63) is 40.1 Å². The zero-order chi connectivity index (χ0) is 13.8. The Morgan fingerprint density at radius 3 is 2.84 bits per heavy atom. The average molecular weight is 362 g/mol. The summed E-state index contributed by atoms with van der Waals surface area (Å²) in [6, 6.07) is 6.09. The van der Waals surface area contributed by atoms with Gasteiger partial charge in [-0.15, -0.1) is 11.6 Å². The number of alkyl halides is 1. The number of nitrogens with zero attached hydrogens (tertiary/aromatic N) is 2. The Kier molecular flexibility index (Phi) is 5.19. The van der Waals surface area contributed by atoms with Crippen LogP contribution >= 0.6 is 39.3 Å². The maximum absolute atomic E-state index is 5.83. The lowest BCUT2D eigenvalue weighted by Crippen LogP contribution is -1.95. The molecule has 0 radical (unpaired) electrons. The molecule has 0 fully saturated rings. The number of rotatable bonds is 5. The predicted molar refractivity (Wildman–Crippen MR) is 83.0 cm³/mol. The molecule has 0 atom stereocenters. The molecule has 1 aromatic carbocycles. The second kappa shape index (κ2) is 6.68. The lowest BCUT2D eigenvalue weighted by atomic mass is 10.2. The summed E-state index contributed by atoms with van der Waals surface area (Å²) in [6.07, 6.45) is 1.82. The predicted octanol–water partition coefficient (Wildman–Crippen LogP) is 4.22. The number of hydrogen-bond donors (Lipinski definition) is 0. The van der Waals surface area contributed by atoms with E-state index in [-0.39, 0.29) is 0 Å². The summed E-state index contributed by atoms with van der Waals surface area (Å²) >= 11 is 11.0. The first-order valence-corrected chi connectivity index (χ1v) is 7.98. The van der Waals surface area contributed by atoms with Crippen LogP contribution in [0.4, 0.5) is 0 Å². The molecular formula is C13H14BrClN2OS. The van der Waals surface area contributed by atoms with Gasteiger partial charge in [0.05, 0.1) is 29.4 Å². The lowest BCUT2D eigenvalue weighted by Gasteiger charge is -2.07. The quantitative estimate of drug-likeness (QED) is 0.589. The highest BCUT2D eigenvalue weighted by molar-refractivity contribution is 9.10. The lowest BCUT2D eigenvalue weighted by molar-refractivity contribution is 0.412. The Balaban J connectivity index is 2.06. The van der Waals surface area contributed by atoms with E-state index in [0.717, 1.165) is 26.8 Å². The molecule has 6 heteroatoms. The van der Waals surface area contributed by atoms with Crippen LogP contribution in [0, 0.1) is 0 Å². The Hall–Kier alpha value is -0.650. The SMILES string of the molecule is COc1ccc(CSc2ncc(CCl)n2C)cc1Br. The third-order valence-corrected chi connectivity index (χ3v) is 4.77. The molecule has 0 bridgehead atoms. The number of benzene rings is 1. The van der Waals surface area contributed by atoms with Gasteiger partial charge in [-0.25, -0.2) is 4.98 Å². The largest absolute Gasteiger partial charge is 0.496 e. The summed E-state index contributed by atoms with van der Waals surface area (Å²) in [7, 11) is 3.65. The summed E-state index contributed by atoms with van der Waals surface area (Å²) in [4.78, 5) is 4.36. The van der Waals surface area contributed by atoms with Crippen LogP contribution in [0.2, 0.25) is 0 Å². The van der Waals surface area contributed by atoms with Gasteiger partial charge in [0.25, 0.3) is 0 Å². The van der Waals surface area contributed by atoms with E-state index in [9.17, 15) is 0 Å². The van der Waals surface area contributed by atoms with E-state index in [2.05, 4.69) is 33.0 Å². The molecule has 0 aliphatic rings. The summed E-state index contributed by atoms with van der Waals surface area (Å²) in [6.45, 7) is 0. The van der Waals surface area contributed by atoms with Gasteiger partial charge in [0, 0.05) is 12.8 Å². The fraction of sp³-hybridized carbons (Fsp3) is 0.308. The van der Waals surface area contributed by atoms with Gasteiger partial charge in [-0.05, 0) is 33.6 Å². The van der Waals surface area contributed by atoms with Crippen molar-refractivity contribution in [2.75, 3.05) is 7.11 Å². The van der Waals surface area contributed by atoms with E-state index in [1.165, 1.54) is 5.56 Å². The molecule has 0 N–H and O–H groups in total. The molecule has 0 spiro atoms. The zero-order valence-corrected chi connectivity index (χ0v) is 13.8. The molecule has 0 saturated heterocycles.